The largest absolute Gasteiger partial charge is 0.468 e. The average molecular weight is 497 g/mol. The van der Waals surface area contributed by atoms with Crippen LogP contribution in [0.25, 0.3) is 27.4 Å². The normalized spacial score (nSPS) is 11.1. The monoisotopic (exact) mass is 496 g/mol. The third-order valence-corrected chi connectivity index (χ3v) is 5.88. The van der Waals surface area contributed by atoms with E-state index < -0.39 is 11.4 Å². The molecule has 36 heavy (non-hydrogen) atoms. The molecule has 0 atom stereocenters. The maximum absolute atomic E-state index is 12.9. The van der Waals surface area contributed by atoms with Crippen LogP contribution in [0, 0.1) is 20.4 Å². The summed E-state index contributed by atoms with van der Waals surface area (Å²) in [5.74, 6) is -0.640. The molecule has 11 heteroatoms. The summed E-state index contributed by atoms with van der Waals surface area (Å²) in [5.41, 5.74) is 14.6. The van der Waals surface area contributed by atoms with Gasteiger partial charge in [0.2, 0.25) is 5.43 Å². The molecule has 0 bridgehead atoms. The molecule has 11 nitrogen and oxygen atoms in total. The Labute approximate surface area is 208 Å². The van der Waals surface area contributed by atoms with E-state index in [4.69, 9.17) is 36.9 Å². The van der Waals surface area contributed by atoms with Crippen molar-refractivity contribution < 1.29 is 23.5 Å². The molecule has 2 aliphatic rings. The molecular formula is C25H30N5O6+. The number of rotatable bonds is 11. The minimum absolute atomic E-state index is 0.0484. The number of hydrogen-bond donors (Lipinski definition) is 2. The van der Waals surface area contributed by atoms with Gasteiger partial charge in [-0.25, -0.2) is 9.78 Å². The van der Waals surface area contributed by atoms with E-state index in [9.17, 15) is 14.4 Å². The molecule has 0 aromatic heterocycles. The fourth-order valence-corrected chi connectivity index (χ4v) is 3.90. The van der Waals surface area contributed by atoms with E-state index in [1.165, 1.54) is 0 Å². The van der Waals surface area contributed by atoms with E-state index >= 15 is 0 Å². The Balaban J connectivity index is 2.14. The van der Waals surface area contributed by atoms with Gasteiger partial charge in [-0.3, -0.25) is 9.59 Å². The van der Waals surface area contributed by atoms with E-state index in [1.54, 1.807) is 19.9 Å². The lowest BCUT2D eigenvalue weighted by atomic mass is 10.00. The van der Waals surface area contributed by atoms with Gasteiger partial charge in [-0.2, -0.15) is 0 Å². The fourth-order valence-electron chi connectivity index (χ4n) is 3.90. The Bertz CT molecular complexity index is 1360. The highest BCUT2D eigenvalue weighted by Gasteiger charge is 2.29. The Morgan fingerprint density at radius 1 is 1.25 bits per heavy atom. The first-order valence-corrected chi connectivity index (χ1v) is 11.4. The summed E-state index contributed by atoms with van der Waals surface area (Å²) in [5, 5.41) is 0. The number of esters is 1. The Hall–Kier alpha value is -4.17. The van der Waals surface area contributed by atoms with E-state index in [1.807, 2.05) is 11.9 Å². The minimum atomic E-state index is -0.783. The van der Waals surface area contributed by atoms with Crippen molar-refractivity contribution in [1.29, 1.82) is 0 Å². The SMILES string of the molecule is C#[N+]CCCOC(=O)c1c2nc3c(CN(C)CCCOC=O)cc(N)c(C)c3oc-2c(C)c(=O)c1N. The molecule has 1 aliphatic carbocycles. The molecule has 0 saturated carbocycles. The van der Waals surface area contributed by atoms with Gasteiger partial charge in [0.15, 0.2) is 11.3 Å². The van der Waals surface area contributed by atoms with E-state index in [-0.39, 0.29) is 34.9 Å². The van der Waals surface area contributed by atoms with Gasteiger partial charge in [0.1, 0.15) is 16.8 Å². The quantitative estimate of drug-likeness (QED) is 0.133. The van der Waals surface area contributed by atoms with Gasteiger partial charge in [-0.15, -0.1) is 0 Å². The summed E-state index contributed by atoms with van der Waals surface area (Å²) in [6.45, 7) is 10.7. The van der Waals surface area contributed by atoms with Crippen LogP contribution in [0.2, 0.25) is 0 Å². The second-order valence-corrected chi connectivity index (χ2v) is 8.52. The highest BCUT2D eigenvalue weighted by molar-refractivity contribution is 6.03. The maximum Gasteiger partial charge on any atom is 0.342 e. The molecule has 0 amide bonds. The number of benzene rings is 2. The smallest absolute Gasteiger partial charge is 0.342 e. The molecule has 4 N–H and O–H groups in total. The molecular weight excluding hydrogens is 466 g/mol. The van der Waals surface area contributed by atoms with Crippen LogP contribution >= 0.6 is 0 Å². The number of anilines is 2. The predicted molar refractivity (Wildman–Crippen MR) is 136 cm³/mol. The third kappa shape index (κ3) is 5.39. The molecule has 1 aromatic carbocycles. The van der Waals surface area contributed by atoms with E-state index in [0.717, 1.165) is 5.56 Å². The number of ether oxygens (including phenoxy) is 2. The highest BCUT2D eigenvalue weighted by atomic mass is 16.5. The molecule has 0 radical (unpaired) electrons. The van der Waals surface area contributed by atoms with Crippen LogP contribution in [0.5, 0.6) is 0 Å². The van der Waals surface area contributed by atoms with Gasteiger partial charge >= 0.3 is 5.97 Å². The van der Waals surface area contributed by atoms with Crippen molar-refractivity contribution in [3.8, 4) is 18.0 Å². The predicted octanol–water partition coefficient (Wildman–Crippen LogP) is 2.58. The lowest BCUT2D eigenvalue weighted by Crippen LogP contribution is -2.23. The average Bonchev–Trinajstić information content (AvgIpc) is 2.85. The van der Waals surface area contributed by atoms with Gasteiger partial charge in [0, 0.05) is 29.9 Å². The van der Waals surface area contributed by atoms with Gasteiger partial charge in [0.25, 0.3) is 19.6 Å². The molecule has 1 aliphatic heterocycles. The lowest BCUT2D eigenvalue weighted by Gasteiger charge is -2.20. The number of nitrogen functional groups attached to an aromatic ring is 2. The zero-order chi connectivity index (χ0) is 26.4. The van der Waals surface area contributed by atoms with E-state index in [0.29, 0.717) is 67.9 Å². The molecule has 1 aromatic rings. The summed E-state index contributed by atoms with van der Waals surface area (Å²) in [6.07, 6.45) is 1.06. The van der Waals surface area contributed by atoms with Gasteiger partial charge < -0.3 is 30.3 Å². The molecule has 0 fully saturated rings. The number of nitrogens with two attached hydrogens (primary N) is 2. The summed E-state index contributed by atoms with van der Waals surface area (Å²) in [7, 11) is 1.91. The van der Waals surface area contributed by atoms with Crippen LogP contribution in [0.15, 0.2) is 15.3 Å². The lowest BCUT2D eigenvalue weighted by molar-refractivity contribution is -0.128. The fraction of sp³-hybridized carbons (Fsp3) is 0.400. The van der Waals surface area contributed by atoms with Gasteiger partial charge in [0.05, 0.1) is 25.3 Å². The molecule has 0 spiro atoms. The van der Waals surface area contributed by atoms with Crippen molar-refractivity contribution in [2.45, 2.75) is 33.2 Å². The zero-order valence-corrected chi connectivity index (χ0v) is 20.6. The van der Waals surface area contributed by atoms with E-state index in [2.05, 4.69) is 4.85 Å². The van der Waals surface area contributed by atoms with Crippen LogP contribution < -0.4 is 16.9 Å². The molecule has 0 saturated heterocycles. The van der Waals surface area contributed by atoms with Crippen LogP contribution in [0.4, 0.5) is 11.4 Å². The van der Waals surface area contributed by atoms with Crippen molar-refractivity contribution in [3.63, 3.8) is 0 Å². The minimum Gasteiger partial charge on any atom is -0.468 e. The number of nitrogens with zero attached hydrogens (tertiary/aromatic N) is 3. The summed E-state index contributed by atoms with van der Waals surface area (Å²) in [6, 6.07) is 1.80. The van der Waals surface area contributed by atoms with Crippen molar-refractivity contribution in [3.05, 3.63) is 43.4 Å². The first-order valence-electron chi connectivity index (χ1n) is 11.4. The molecule has 1 heterocycles. The first kappa shape index (κ1) is 26.4. The summed E-state index contributed by atoms with van der Waals surface area (Å²) < 4.78 is 16.2. The number of fused-ring (bicyclic) bond motifs is 2. The second-order valence-electron chi connectivity index (χ2n) is 8.52. The second kappa shape index (κ2) is 11.5. The van der Waals surface area contributed by atoms with Crippen molar-refractivity contribution in [2.75, 3.05) is 44.8 Å². The van der Waals surface area contributed by atoms with Crippen molar-refractivity contribution in [1.82, 2.24) is 9.88 Å². The third-order valence-electron chi connectivity index (χ3n) is 5.88. The van der Waals surface area contributed by atoms with Crippen LogP contribution in [0.3, 0.4) is 0 Å². The standard InChI is InChI=1S/C25H29N5O6/c1-14-17(26)11-16(12-30(4)8-6-9-34-13-31)20-23(14)36-24-15(2)22(32)19(27)18(21(24)29-20)25(33)35-10-5-7-28-3/h3,11,13H,5-10,12H2,1-2,4H3,(H3-,26,27,29,32,33)/p+1. The zero-order valence-electron chi connectivity index (χ0n) is 20.6. The Morgan fingerprint density at radius 3 is 2.69 bits per heavy atom. The number of hydrogen-bond acceptors (Lipinski definition) is 10. The van der Waals surface area contributed by atoms with Crippen LogP contribution in [-0.2, 0) is 20.8 Å². The highest BCUT2D eigenvalue weighted by Crippen LogP contribution is 2.36. The number of aryl methyl sites for hydroxylation is 1. The Morgan fingerprint density at radius 2 is 2.00 bits per heavy atom. The molecule has 3 rings (SSSR count). The number of carbonyl (C=O) groups excluding carboxylic acids is 2. The first-order chi connectivity index (χ1) is 17.2. The van der Waals surface area contributed by atoms with Crippen molar-refractivity contribution >= 4 is 34.9 Å². The van der Waals surface area contributed by atoms with Crippen molar-refractivity contribution in [2.24, 2.45) is 0 Å². The topological polar surface area (TPSA) is 155 Å². The molecule has 190 valence electrons. The maximum atomic E-state index is 12.9. The molecule has 0 unspecified atom stereocenters. The summed E-state index contributed by atoms with van der Waals surface area (Å²) >= 11 is 0. The number of aromatic nitrogens is 1. The van der Waals surface area contributed by atoms with Crippen LogP contribution in [-0.4, -0.2) is 55.7 Å². The number of carbonyl (C=O) groups is 2. The Kier molecular flexibility index (Phi) is 8.45. The van der Waals surface area contributed by atoms with Gasteiger partial charge in [-0.1, -0.05) is 4.85 Å². The van der Waals surface area contributed by atoms with Gasteiger partial charge in [-0.05, 0) is 38.9 Å². The summed E-state index contributed by atoms with van der Waals surface area (Å²) in [4.78, 5) is 46.4. The van der Waals surface area contributed by atoms with Crippen LogP contribution in [0.1, 0.15) is 39.9 Å².